The summed E-state index contributed by atoms with van der Waals surface area (Å²) in [6.07, 6.45) is 2.38. The Morgan fingerprint density at radius 2 is 1.80 bits per heavy atom. The van der Waals surface area contributed by atoms with E-state index >= 15 is 0 Å². The second-order valence-electron chi connectivity index (χ2n) is 6.61. The van der Waals surface area contributed by atoms with Crippen molar-refractivity contribution in [2.45, 2.75) is 31.8 Å². The molecule has 2 aromatic heterocycles. The van der Waals surface area contributed by atoms with Gasteiger partial charge in [-0.05, 0) is 63.0 Å². The number of nitrogens with one attached hydrogen (secondary N) is 1. The molecule has 2 bridgehead atoms. The van der Waals surface area contributed by atoms with Crippen LogP contribution >= 0.6 is 22.7 Å². The number of rotatable bonds is 5. The van der Waals surface area contributed by atoms with Gasteiger partial charge in [-0.1, -0.05) is 22.7 Å². The van der Waals surface area contributed by atoms with Crippen LogP contribution in [0.5, 0.6) is 15.2 Å². The Hall–Kier alpha value is -1.57. The molecule has 134 valence electrons. The quantitative estimate of drug-likeness (QED) is 0.859. The summed E-state index contributed by atoms with van der Waals surface area (Å²) in [6.45, 7) is 4.56. The SMILES string of the molecule is COc1ccc(Oc2ccc(C(=O)N[C@@H]3C4CCN(CC4)[C@H]3C)s2)s1. The van der Waals surface area contributed by atoms with Gasteiger partial charge in [0.05, 0.1) is 12.0 Å². The number of nitrogens with zero attached hydrogens (tertiary/aromatic N) is 1. The van der Waals surface area contributed by atoms with Crippen molar-refractivity contribution < 1.29 is 14.3 Å². The molecule has 1 N–H and O–H groups in total. The van der Waals surface area contributed by atoms with Gasteiger partial charge in [-0.2, -0.15) is 0 Å². The fourth-order valence-corrected chi connectivity index (χ4v) is 5.34. The molecule has 2 aromatic rings. The molecule has 3 aliphatic rings. The Morgan fingerprint density at radius 3 is 2.48 bits per heavy atom. The number of methoxy groups -OCH3 is 1. The first-order valence-electron chi connectivity index (χ1n) is 8.60. The topological polar surface area (TPSA) is 50.8 Å². The average molecular weight is 379 g/mol. The molecule has 5 heterocycles. The van der Waals surface area contributed by atoms with Gasteiger partial charge >= 0.3 is 0 Å². The van der Waals surface area contributed by atoms with E-state index in [1.54, 1.807) is 7.11 Å². The van der Waals surface area contributed by atoms with Crippen molar-refractivity contribution in [1.29, 1.82) is 0 Å². The van der Waals surface area contributed by atoms with E-state index in [1.807, 2.05) is 24.3 Å². The summed E-state index contributed by atoms with van der Waals surface area (Å²) in [5.74, 6) is 0.618. The summed E-state index contributed by atoms with van der Waals surface area (Å²) in [7, 11) is 1.64. The van der Waals surface area contributed by atoms with E-state index in [-0.39, 0.29) is 11.9 Å². The van der Waals surface area contributed by atoms with Crippen LogP contribution in [0, 0.1) is 5.92 Å². The molecule has 3 aliphatic heterocycles. The minimum Gasteiger partial charge on any atom is -0.487 e. The lowest BCUT2D eigenvalue weighted by atomic mass is 9.79. The number of piperidine rings is 3. The highest BCUT2D eigenvalue weighted by Gasteiger charge is 2.40. The number of ether oxygens (including phenoxy) is 2. The van der Waals surface area contributed by atoms with E-state index in [0.717, 1.165) is 15.2 Å². The van der Waals surface area contributed by atoms with Crippen LogP contribution < -0.4 is 14.8 Å². The van der Waals surface area contributed by atoms with E-state index in [4.69, 9.17) is 9.47 Å². The van der Waals surface area contributed by atoms with Crippen molar-refractivity contribution in [3.8, 4) is 15.2 Å². The van der Waals surface area contributed by atoms with E-state index in [1.165, 1.54) is 48.6 Å². The molecule has 0 radical (unpaired) electrons. The standard InChI is InChI=1S/C18H22N2O3S2/c1-11-17(12-7-9-20(11)10-8-12)19-18(21)13-3-4-15(24-13)23-16-6-5-14(22-2)25-16/h3-6,11-12,17H,7-10H2,1-2H3,(H,19,21)/t11-,17-/m0/s1. The number of hydrogen-bond acceptors (Lipinski definition) is 6. The number of carbonyl (C=O) groups is 1. The lowest BCUT2D eigenvalue weighted by Crippen LogP contribution is -2.62. The zero-order chi connectivity index (χ0) is 17.4. The van der Waals surface area contributed by atoms with Crippen molar-refractivity contribution >= 4 is 28.6 Å². The lowest BCUT2D eigenvalue weighted by Gasteiger charge is -2.49. The van der Waals surface area contributed by atoms with E-state index in [9.17, 15) is 4.79 Å². The largest absolute Gasteiger partial charge is 0.487 e. The van der Waals surface area contributed by atoms with Crippen LogP contribution in [0.25, 0.3) is 0 Å². The smallest absolute Gasteiger partial charge is 0.261 e. The zero-order valence-electron chi connectivity index (χ0n) is 14.4. The highest BCUT2D eigenvalue weighted by atomic mass is 32.1. The first-order chi connectivity index (χ1) is 12.1. The normalized spacial score (nSPS) is 27.9. The van der Waals surface area contributed by atoms with Gasteiger partial charge < -0.3 is 14.8 Å². The maximum Gasteiger partial charge on any atom is 0.261 e. The second kappa shape index (κ2) is 6.97. The molecule has 5 nitrogen and oxygen atoms in total. The molecule has 0 aliphatic carbocycles. The van der Waals surface area contributed by atoms with Crippen LogP contribution in [0.3, 0.4) is 0 Å². The minimum absolute atomic E-state index is 0.00853. The monoisotopic (exact) mass is 378 g/mol. The molecule has 5 rings (SSSR count). The lowest BCUT2D eigenvalue weighted by molar-refractivity contribution is 0.0218. The maximum absolute atomic E-state index is 12.7. The molecule has 1 amide bonds. The van der Waals surface area contributed by atoms with Crippen molar-refractivity contribution in [2.24, 2.45) is 5.92 Å². The number of carbonyl (C=O) groups excluding carboxylic acids is 1. The summed E-state index contributed by atoms with van der Waals surface area (Å²) >= 11 is 2.82. The predicted octanol–water partition coefficient (Wildman–Crippen LogP) is 3.82. The van der Waals surface area contributed by atoms with Gasteiger partial charge in [0.15, 0.2) is 15.2 Å². The van der Waals surface area contributed by atoms with Gasteiger partial charge in [-0.3, -0.25) is 9.69 Å². The third-order valence-corrected chi connectivity index (χ3v) is 7.13. The number of fused-ring (bicyclic) bond motifs is 3. The van der Waals surface area contributed by atoms with Gasteiger partial charge in [0.25, 0.3) is 5.91 Å². The molecule has 0 unspecified atom stereocenters. The Labute approximate surface area is 155 Å². The fourth-order valence-electron chi connectivity index (χ4n) is 3.83. The predicted molar refractivity (Wildman–Crippen MR) is 100 cm³/mol. The zero-order valence-corrected chi connectivity index (χ0v) is 16.0. The fraction of sp³-hybridized carbons (Fsp3) is 0.500. The summed E-state index contributed by atoms with van der Waals surface area (Å²) in [5.41, 5.74) is 0. The Kier molecular flexibility index (Phi) is 4.71. The molecular weight excluding hydrogens is 356 g/mol. The van der Waals surface area contributed by atoms with Crippen molar-refractivity contribution in [3.63, 3.8) is 0 Å². The molecule has 0 spiro atoms. The van der Waals surface area contributed by atoms with Gasteiger partial charge in [0.2, 0.25) is 0 Å². The highest BCUT2D eigenvalue weighted by molar-refractivity contribution is 7.17. The van der Waals surface area contributed by atoms with Crippen LogP contribution in [0.15, 0.2) is 24.3 Å². The molecule has 0 saturated carbocycles. The first-order valence-corrected chi connectivity index (χ1v) is 10.2. The molecule has 3 saturated heterocycles. The summed E-state index contributed by atoms with van der Waals surface area (Å²) in [4.78, 5) is 15.8. The minimum atomic E-state index is 0.00853. The van der Waals surface area contributed by atoms with Crippen LogP contribution in [0.2, 0.25) is 0 Å². The van der Waals surface area contributed by atoms with Crippen LogP contribution in [0.4, 0.5) is 0 Å². The number of amides is 1. The Balaban J connectivity index is 1.40. The van der Waals surface area contributed by atoms with Gasteiger partial charge in [-0.25, -0.2) is 0 Å². The first kappa shape index (κ1) is 16.9. The summed E-state index contributed by atoms with van der Waals surface area (Å²) in [6, 6.07) is 8.11. The highest BCUT2D eigenvalue weighted by Crippen LogP contribution is 2.37. The maximum atomic E-state index is 12.7. The van der Waals surface area contributed by atoms with Crippen LogP contribution in [-0.4, -0.2) is 43.1 Å². The second-order valence-corrected chi connectivity index (χ2v) is 8.67. The molecule has 25 heavy (non-hydrogen) atoms. The molecule has 2 atom stereocenters. The number of hydrogen-bond donors (Lipinski definition) is 1. The van der Waals surface area contributed by atoms with Crippen molar-refractivity contribution in [1.82, 2.24) is 10.2 Å². The van der Waals surface area contributed by atoms with Gasteiger partial charge in [-0.15, -0.1) is 0 Å². The molecule has 7 heteroatoms. The average Bonchev–Trinajstić information content (AvgIpc) is 3.28. The van der Waals surface area contributed by atoms with Crippen LogP contribution in [-0.2, 0) is 0 Å². The Morgan fingerprint density at radius 1 is 1.12 bits per heavy atom. The van der Waals surface area contributed by atoms with Crippen molar-refractivity contribution in [3.05, 3.63) is 29.1 Å². The van der Waals surface area contributed by atoms with Crippen LogP contribution in [0.1, 0.15) is 29.4 Å². The van der Waals surface area contributed by atoms with Gasteiger partial charge in [0, 0.05) is 12.1 Å². The number of thiophene rings is 2. The molecular formula is C18H22N2O3S2. The van der Waals surface area contributed by atoms with Crippen molar-refractivity contribution in [2.75, 3.05) is 20.2 Å². The van der Waals surface area contributed by atoms with E-state index < -0.39 is 0 Å². The third-order valence-electron chi connectivity index (χ3n) is 5.24. The molecule has 3 fully saturated rings. The summed E-state index contributed by atoms with van der Waals surface area (Å²) in [5, 5.41) is 5.55. The van der Waals surface area contributed by atoms with Gasteiger partial charge in [0.1, 0.15) is 0 Å². The Bertz CT molecular complexity index is 747. The molecule has 0 aromatic carbocycles. The summed E-state index contributed by atoms with van der Waals surface area (Å²) < 4.78 is 11.0. The van der Waals surface area contributed by atoms with E-state index in [2.05, 4.69) is 17.1 Å². The van der Waals surface area contributed by atoms with E-state index in [0.29, 0.717) is 16.8 Å². The third kappa shape index (κ3) is 3.41.